The van der Waals surface area contributed by atoms with Gasteiger partial charge in [-0.15, -0.1) is 0 Å². The van der Waals surface area contributed by atoms with E-state index in [9.17, 15) is 22.0 Å². The number of hydrogen-bond donors (Lipinski definition) is 1. The molecule has 0 aliphatic heterocycles. The minimum atomic E-state index is -4.85. The summed E-state index contributed by atoms with van der Waals surface area (Å²) in [6.45, 7) is -0.677. The first-order valence-electron chi connectivity index (χ1n) is 4.30. The summed E-state index contributed by atoms with van der Waals surface area (Å²) in [6, 6.07) is 1.65. The van der Waals surface area contributed by atoms with E-state index in [1.807, 2.05) is 0 Å². The summed E-state index contributed by atoms with van der Waals surface area (Å²) in [6.07, 6.45) is -7.91. The van der Waals surface area contributed by atoms with Crippen LogP contribution in [0.4, 0.5) is 22.0 Å². The molecule has 8 heteroatoms. The van der Waals surface area contributed by atoms with Gasteiger partial charge in [-0.3, -0.25) is 0 Å². The van der Waals surface area contributed by atoms with Crippen molar-refractivity contribution in [1.29, 1.82) is 5.26 Å². The van der Waals surface area contributed by atoms with Crippen LogP contribution in [-0.2, 0) is 12.7 Å². The molecule has 0 amide bonds. The van der Waals surface area contributed by atoms with E-state index in [2.05, 4.69) is 4.98 Å². The largest absolute Gasteiger partial charge is 0.419 e. The summed E-state index contributed by atoms with van der Waals surface area (Å²) in [7, 11) is 0. The van der Waals surface area contributed by atoms with Gasteiger partial charge in [0.2, 0.25) is 0 Å². The normalized spacial score (nSPS) is 11.6. The molecule has 0 spiro atoms. The van der Waals surface area contributed by atoms with Crippen molar-refractivity contribution in [3.05, 3.63) is 28.6 Å². The van der Waals surface area contributed by atoms with Gasteiger partial charge in [0.15, 0.2) is 0 Å². The van der Waals surface area contributed by atoms with Crippen molar-refractivity contribution in [2.75, 3.05) is 0 Å². The summed E-state index contributed by atoms with van der Waals surface area (Å²) < 4.78 is 62.4. The van der Waals surface area contributed by atoms with E-state index < -0.39 is 41.7 Å². The zero-order valence-corrected chi connectivity index (χ0v) is 8.22. The summed E-state index contributed by atoms with van der Waals surface area (Å²) in [5.74, 6) is 0. The minimum Gasteiger partial charge on any atom is -0.325 e. The van der Waals surface area contributed by atoms with E-state index in [0.717, 1.165) is 0 Å². The first-order valence-corrected chi connectivity index (χ1v) is 4.30. The monoisotopic (exact) mass is 251 g/mol. The zero-order chi connectivity index (χ0) is 13.2. The Morgan fingerprint density at radius 3 is 2.35 bits per heavy atom. The van der Waals surface area contributed by atoms with Crippen LogP contribution in [-0.4, -0.2) is 4.98 Å². The molecular formula is C9H6F5N3. The highest BCUT2D eigenvalue weighted by atomic mass is 19.4. The molecule has 1 aromatic rings. The number of halogens is 5. The molecule has 1 rings (SSSR count). The van der Waals surface area contributed by atoms with Crippen LogP contribution >= 0.6 is 0 Å². The van der Waals surface area contributed by atoms with Gasteiger partial charge in [-0.25, -0.2) is 13.8 Å². The Hall–Kier alpha value is -1.75. The molecule has 0 aliphatic rings. The average molecular weight is 251 g/mol. The molecule has 3 nitrogen and oxygen atoms in total. The van der Waals surface area contributed by atoms with Crippen LogP contribution < -0.4 is 5.73 Å². The van der Waals surface area contributed by atoms with Gasteiger partial charge in [0, 0.05) is 6.54 Å². The maximum Gasteiger partial charge on any atom is 0.419 e. The third-order valence-electron chi connectivity index (χ3n) is 1.94. The highest BCUT2D eigenvalue weighted by Crippen LogP contribution is 2.35. The van der Waals surface area contributed by atoms with Crippen LogP contribution in [0.15, 0.2) is 6.07 Å². The van der Waals surface area contributed by atoms with Crippen molar-refractivity contribution in [2.24, 2.45) is 5.73 Å². The Balaban J connectivity index is 3.55. The first-order chi connectivity index (χ1) is 7.81. The van der Waals surface area contributed by atoms with Crippen molar-refractivity contribution in [3.63, 3.8) is 0 Å². The van der Waals surface area contributed by atoms with Gasteiger partial charge in [0.1, 0.15) is 5.69 Å². The van der Waals surface area contributed by atoms with E-state index >= 15 is 0 Å². The number of rotatable bonds is 2. The molecule has 1 aromatic heterocycles. The highest BCUT2D eigenvalue weighted by Gasteiger charge is 2.37. The number of alkyl halides is 5. The van der Waals surface area contributed by atoms with Crippen molar-refractivity contribution >= 4 is 0 Å². The molecule has 0 saturated heterocycles. The molecule has 92 valence electrons. The summed E-state index contributed by atoms with van der Waals surface area (Å²) in [5.41, 5.74) is 1.12. The van der Waals surface area contributed by atoms with Gasteiger partial charge < -0.3 is 5.73 Å². The second-order valence-corrected chi connectivity index (χ2v) is 3.03. The standard InChI is InChI=1S/C9H6F5N3/c10-8(11)5-1-4(2-15)7(9(12,13)14)6(3-16)17-5/h1,8H,3,16H2. The zero-order valence-electron chi connectivity index (χ0n) is 8.22. The highest BCUT2D eigenvalue weighted by molar-refractivity contribution is 5.43. The molecule has 17 heavy (non-hydrogen) atoms. The molecule has 0 bridgehead atoms. The van der Waals surface area contributed by atoms with Crippen LogP contribution in [0, 0.1) is 11.3 Å². The van der Waals surface area contributed by atoms with Crippen molar-refractivity contribution in [1.82, 2.24) is 4.98 Å². The molecule has 0 fully saturated rings. The number of hydrogen-bond acceptors (Lipinski definition) is 3. The van der Waals surface area contributed by atoms with E-state index in [0.29, 0.717) is 6.07 Å². The van der Waals surface area contributed by atoms with Gasteiger partial charge in [-0.2, -0.15) is 18.4 Å². The van der Waals surface area contributed by atoms with Crippen LogP contribution in [0.1, 0.15) is 28.9 Å². The Morgan fingerprint density at radius 2 is 2.00 bits per heavy atom. The predicted octanol–water partition coefficient (Wildman–Crippen LogP) is 2.37. The van der Waals surface area contributed by atoms with E-state index in [1.54, 1.807) is 0 Å². The third kappa shape index (κ3) is 2.68. The van der Waals surface area contributed by atoms with Gasteiger partial charge in [-0.1, -0.05) is 0 Å². The van der Waals surface area contributed by atoms with Crippen LogP contribution in [0.3, 0.4) is 0 Å². The summed E-state index contributed by atoms with van der Waals surface area (Å²) in [4.78, 5) is 3.12. The SMILES string of the molecule is N#Cc1cc(C(F)F)nc(CN)c1C(F)(F)F. The second-order valence-electron chi connectivity index (χ2n) is 3.03. The number of nitrogens with zero attached hydrogens (tertiary/aromatic N) is 2. The predicted molar refractivity (Wildman–Crippen MR) is 46.8 cm³/mol. The molecule has 1 heterocycles. The Bertz CT molecular complexity index is 461. The fraction of sp³-hybridized carbons (Fsp3) is 0.333. The molecule has 0 unspecified atom stereocenters. The van der Waals surface area contributed by atoms with Gasteiger partial charge in [0.05, 0.1) is 22.9 Å². The average Bonchev–Trinajstić information content (AvgIpc) is 2.25. The number of pyridine rings is 1. The summed E-state index contributed by atoms with van der Waals surface area (Å²) >= 11 is 0. The first kappa shape index (κ1) is 13.3. The molecule has 2 N–H and O–H groups in total. The third-order valence-corrected chi connectivity index (χ3v) is 1.94. The van der Waals surface area contributed by atoms with Gasteiger partial charge >= 0.3 is 6.18 Å². The lowest BCUT2D eigenvalue weighted by molar-refractivity contribution is -0.138. The minimum absolute atomic E-state index is 0.423. The molecule has 0 aromatic carbocycles. The molecule has 0 saturated carbocycles. The van der Waals surface area contributed by atoms with Crippen molar-refractivity contribution in [3.8, 4) is 6.07 Å². The lowest BCUT2D eigenvalue weighted by atomic mass is 10.1. The van der Waals surface area contributed by atoms with Crippen molar-refractivity contribution < 1.29 is 22.0 Å². The van der Waals surface area contributed by atoms with Gasteiger partial charge in [0.25, 0.3) is 6.43 Å². The Morgan fingerprint density at radius 1 is 1.41 bits per heavy atom. The maximum absolute atomic E-state index is 12.6. The molecule has 0 atom stereocenters. The van der Waals surface area contributed by atoms with Crippen LogP contribution in [0.25, 0.3) is 0 Å². The lowest BCUT2D eigenvalue weighted by Gasteiger charge is -2.14. The van der Waals surface area contributed by atoms with E-state index in [4.69, 9.17) is 11.0 Å². The molecule has 0 radical (unpaired) electrons. The number of nitrogens with two attached hydrogens (primary N) is 1. The fourth-order valence-electron chi connectivity index (χ4n) is 1.28. The second kappa shape index (κ2) is 4.63. The van der Waals surface area contributed by atoms with Crippen LogP contribution in [0.5, 0.6) is 0 Å². The van der Waals surface area contributed by atoms with E-state index in [-0.39, 0.29) is 0 Å². The number of aromatic nitrogens is 1. The lowest BCUT2D eigenvalue weighted by Crippen LogP contribution is -2.17. The summed E-state index contributed by atoms with van der Waals surface area (Å²) in [5, 5.41) is 8.54. The topological polar surface area (TPSA) is 62.7 Å². The Labute approximate surface area is 92.7 Å². The maximum atomic E-state index is 12.6. The Kier molecular flexibility index (Phi) is 3.63. The van der Waals surface area contributed by atoms with Gasteiger partial charge in [-0.05, 0) is 6.07 Å². The van der Waals surface area contributed by atoms with Crippen LogP contribution in [0.2, 0.25) is 0 Å². The molecular weight excluding hydrogens is 245 g/mol. The van der Waals surface area contributed by atoms with E-state index in [1.165, 1.54) is 6.07 Å². The smallest absolute Gasteiger partial charge is 0.325 e. The quantitative estimate of drug-likeness (QED) is 0.820. The number of nitriles is 1. The fourth-order valence-corrected chi connectivity index (χ4v) is 1.28. The molecule has 0 aliphatic carbocycles. The van der Waals surface area contributed by atoms with Crippen molar-refractivity contribution in [2.45, 2.75) is 19.1 Å².